The predicted octanol–water partition coefficient (Wildman–Crippen LogP) is 1.62. The molecule has 0 aliphatic heterocycles. The van der Waals surface area contributed by atoms with Crippen molar-refractivity contribution in [1.29, 1.82) is 0 Å². The fourth-order valence-electron chi connectivity index (χ4n) is 0.773. The highest BCUT2D eigenvalue weighted by Gasteiger charge is 1.96. The third-order valence-corrected chi connectivity index (χ3v) is 2.17. The van der Waals surface area contributed by atoms with Gasteiger partial charge in [-0.2, -0.15) is 5.10 Å². The minimum Gasteiger partial charge on any atom is -0.367 e. The minimum atomic E-state index is -0.202. The summed E-state index contributed by atoms with van der Waals surface area (Å²) in [4.78, 5) is 0. The highest BCUT2D eigenvalue weighted by Crippen LogP contribution is 2.21. The number of halogens is 2. The van der Waals surface area contributed by atoms with Crippen molar-refractivity contribution >= 4 is 35.4 Å². The summed E-state index contributed by atoms with van der Waals surface area (Å²) in [6, 6.07) is 4.99. The van der Waals surface area contributed by atoms with Crippen molar-refractivity contribution in [2.24, 2.45) is 15.9 Å². The van der Waals surface area contributed by atoms with Crippen molar-refractivity contribution < 1.29 is 5.21 Å². The summed E-state index contributed by atoms with van der Waals surface area (Å²) in [5.41, 5.74) is 7.48. The van der Waals surface area contributed by atoms with Gasteiger partial charge in [0.2, 0.25) is 5.96 Å². The molecule has 0 heterocycles. The van der Waals surface area contributed by atoms with Crippen LogP contribution in [0.5, 0.6) is 0 Å². The van der Waals surface area contributed by atoms with E-state index in [1.807, 2.05) is 0 Å². The maximum atomic E-state index is 8.29. The van der Waals surface area contributed by atoms with Crippen molar-refractivity contribution in [1.82, 2.24) is 5.48 Å². The van der Waals surface area contributed by atoms with Gasteiger partial charge in [0.05, 0.1) is 16.3 Å². The van der Waals surface area contributed by atoms with E-state index < -0.39 is 0 Å². The molecule has 0 fully saturated rings. The number of hydrogen-bond acceptors (Lipinski definition) is 3. The van der Waals surface area contributed by atoms with Crippen molar-refractivity contribution in [3.63, 3.8) is 0 Å². The molecule has 0 aliphatic carbocycles. The molecule has 1 aromatic rings. The second kappa shape index (κ2) is 5.55. The lowest BCUT2D eigenvalue weighted by molar-refractivity contribution is 0.232. The molecule has 15 heavy (non-hydrogen) atoms. The molecule has 0 saturated heterocycles. The number of benzene rings is 1. The Balaban J connectivity index is 2.77. The van der Waals surface area contributed by atoms with Gasteiger partial charge in [-0.1, -0.05) is 29.3 Å². The number of rotatable bonds is 2. The third-order valence-electron chi connectivity index (χ3n) is 1.43. The van der Waals surface area contributed by atoms with Gasteiger partial charge in [-0.15, -0.1) is 5.10 Å². The lowest BCUT2D eigenvalue weighted by Crippen LogP contribution is -2.27. The zero-order valence-electron chi connectivity index (χ0n) is 7.48. The van der Waals surface area contributed by atoms with Gasteiger partial charge in [0.25, 0.3) is 0 Å². The number of hydroxylamine groups is 1. The Labute approximate surface area is 96.2 Å². The molecule has 0 atom stereocenters. The Bertz CT molecular complexity index is 406. The number of nitrogens with zero attached hydrogens (tertiary/aromatic N) is 2. The van der Waals surface area contributed by atoms with E-state index in [9.17, 15) is 0 Å². The molecule has 0 radical (unpaired) electrons. The SMILES string of the molecule is N/C(=N\N=C\c1ccc(Cl)c(Cl)c1)NO. The molecular weight excluding hydrogens is 239 g/mol. The van der Waals surface area contributed by atoms with E-state index in [1.54, 1.807) is 23.7 Å². The average Bonchev–Trinajstić information content (AvgIpc) is 2.23. The Morgan fingerprint density at radius 3 is 2.73 bits per heavy atom. The molecular formula is C8H8Cl2N4O. The van der Waals surface area contributed by atoms with E-state index in [0.29, 0.717) is 10.0 Å². The van der Waals surface area contributed by atoms with Gasteiger partial charge in [-0.05, 0) is 17.7 Å². The molecule has 0 bridgehead atoms. The zero-order chi connectivity index (χ0) is 11.3. The first-order chi connectivity index (χ1) is 7.13. The van der Waals surface area contributed by atoms with Crippen LogP contribution >= 0.6 is 23.2 Å². The fourth-order valence-corrected chi connectivity index (χ4v) is 1.08. The first kappa shape index (κ1) is 11.8. The fraction of sp³-hybridized carbons (Fsp3) is 0. The molecule has 0 unspecified atom stereocenters. The zero-order valence-corrected chi connectivity index (χ0v) is 9.00. The van der Waals surface area contributed by atoms with Gasteiger partial charge in [0.1, 0.15) is 0 Å². The van der Waals surface area contributed by atoms with E-state index in [-0.39, 0.29) is 5.96 Å². The summed E-state index contributed by atoms with van der Waals surface area (Å²) >= 11 is 11.5. The monoisotopic (exact) mass is 246 g/mol. The average molecular weight is 247 g/mol. The maximum absolute atomic E-state index is 8.29. The second-order valence-electron chi connectivity index (χ2n) is 2.52. The summed E-state index contributed by atoms with van der Waals surface area (Å²) in [6.45, 7) is 0. The van der Waals surface area contributed by atoms with E-state index in [4.69, 9.17) is 34.1 Å². The summed E-state index contributed by atoms with van der Waals surface area (Å²) < 4.78 is 0. The molecule has 1 aromatic carbocycles. The Kier molecular flexibility index (Phi) is 4.36. The third kappa shape index (κ3) is 3.75. The Hall–Kier alpha value is -1.30. The molecule has 0 aliphatic rings. The van der Waals surface area contributed by atoms with Crippen molar-refractivity contribution in [2.75, 3.05) is 0 Å². The van der Waals surface area contributed by atoms with Crippen LogP contribution in [0.25, 0.3) is 0 Å². The van der Waals surface area contributed by atoms with Crippen LogP contribution in [-0.2, 0) is 0 Å². The normalized spacial score (nSPS) is 12.1. The second-order valence-corrected chi connectivity index (χ2v) is 3.33. The topological polar surface area (TPSA) is 83.0 Å². The van der Waals surface area contributed by atoms with Gasteiger partial charge >= 0.3 is 0 Å². The lowest BCUT2D eigenvalue weighted by atomic mass is 10.2. The van der Waals surface area contributed by atoms with Crippen LogP contribution < -0.4 is 11.2 Å². The van der Waals surface area contributed by atoms with E-state index >= 15 is 0 Å². The first-order valence-corrected chi connectivity index (χ1v) is 4.60. The van der Waals surface area contributed by atoms with Crippen LogP contribution in [-0.4, -0.2) is 17.4 Å². The van der Waals surface area contributed by atoms with E-state index in [1.165, 1.54) is 6.21 Å². The summed E-state index contributed by atoms with van der Waals surface area (Å²) in [5, 5.41) is 16.2. The van der Waals surface area contributed by atoms with Gasteiger partial charge < -0.3 is 5.73 Å². The van der Waals surface area contributed by atoms with Gasteiger partial charge in [-0.25, -0.2) is 5.48 Å². The highest BCUT2D eigenvalue weighted by molar-refractivity contribution is 6.42. The molecule has 0 amide bonds. The van der Waals surface area contributed by atoms with Crippen LogP contribution in [0.3, 0.4) is 0 Å². The number of guanidine groups is 1. The Morgan fingerprint density at radius 2 is 2.13 bits per heavy atom. The molecule has 0 aromatic heterocycles. The van der Waals surface area contributed by atoms with Crippen LogP contribution in [0, 0.1) is 0 Å². The Morgan fingerprint density at radius 1 is 1.40 bits per heavy atom. The first-order valence-electron chi connectivity index (χ1n) is 3.85. The van der Waals surface area contributed by atoms with Crippen molar-refractivity contribution in [3.8, 4) is 0 Å². The van der Waals surface area contributed by atoms with Crippen LogP contribution in [0.1, 0.15) is 5.56 Å². The molecule has 4 N–H and O–H groups in total. The molecule has 1 rings (SSSR count). The van der Waals surface area contributed by atoms with Crippen molar-refractivity contribution in [2.45, 2.75) is 0 Å². The van der Waals surface area contributed by atoms with Crippen LogP contribution in [0.15, 0.2) is 28.4 Å². The maximum Gasteiger partial charge on any atom is 0.237 e. The summed E-state index contributed by atoms with van der Waals surface area (Å²) in [6.07, 6.45) is 1.42. The van der Waals surface area contributed by atoms with Crippen LogP contribution in [0.2, 0.25) is 10.0 Å². The number of hydrogen-bond donors (Lipinski definition) is 3. The molecule has 0 saturated carbocycles. The molecule has 80 valence electrons. The van der Waals surface area contributed by atoms with Crippen LogP contribution in [0.4, 0.5) is 0 Å². The quantitative estimate of drug-likeness (QED) is 0.422. The summed E-state index contributed by atoms with van der Waals surface area (Å²) in [7, 11) is 0. The largest absolute Gasteiger partial charge is 0.367 e. The predicted molar refractivity (Wildman–Crippen MR) is 60.6 cm³/mol. The minimum absolute atomic E-state index is 0.202. The number of nitrogens with one attached hydrogen (secondary N) is 1. The molecule has 0 spiro atoms. The molecule has 7 heteroatoms. The lowest BCUT2D eigenvalue weighted by Gasteiger charge is -1.96. The van der Waals surface area contributed by atoms with Gasteiger partial charge in [0.15, 0.2) is 0 Å². The molecule has 5 nitrogen and oxygen atoms in total. The summed E-state index contributed by atoms with van der Waals surface area (Å²) in [5.74, 6) is -0.202. The van der Waals surface area contributed by atoms with E-state index in [0.717, 1.165) is 5.56 Å². The van der Waals surface area contributed by atoms with Gasteiger partial charge in [0, 0.05) is 0 Å². The van der Waals surface area contributed by atoms with Gasteiger partial charge in [-0.3, -0.25) is 5.21 Å². The highest BCUT2D eigenvalue weighted by atomic mass is 35.5. The smallest absolute Gasteiger partial charge is 0.237 e. The van der Waals surface area contributed by atoms with E-state index in [2.05, 4.69) is 10.2 Å². The van der Waals surface area contributed by atoms with Crippen molar-refractivity contribution in [3.05, 3.63) is 33.8 Å². The standard InChI is InChI=1S/C8H8Cl2N4O/c9-6-2-1-5(3-7(6)10)4-12-13-8(11)14-15/h1-4,15H,(H3,11,13,14)/b12-4+. The number of nitrogens with two attached hydrogens (primary N) is 1.